The summed E-state index contributed by atoms with van der Waals surface area (Å²) < 4.78 is 36.9. The quantitative estimate of drug-likeness (QED) is 0.775. The van der Waals surface area contributed by atoms with Crippen LogP contribution in [0.2, 0.25) is 0 Å². The van der Waals surface area contributed by atoms with Crippen molar-refractivity contribution in [3.8, 4) is 0 Å². The number of nitrogens with zero attached hydrogens (tertiary/aromatic N) is 1. The number of hydrogen-bond acceptors (Lipinski definition) is 2. The van der Waals surface area contributed by atoms with E-state index in [0.717, 1.165) is 30.2 Å². The number of fused-ring (bicyclic) bond motifs is 1. The lowest BCUT2D eigenvalue weighted by atomic mass is 10.0. The average molecular weight is 402 g/mol. The molecule has 2 amide bonds. The molecule has 0 saturated heterocycles. The molecule has 1 N–H and O–H groups in total. The van der Waals surface area contributed by atoms with E-state index in [4.69, 9.17) is 0 Å². The summed E-state index contributed by atoms with van der Waals surface area (Å²) in [7, 11) is 0. The van der Waals surface area contributed by atoms with Crippen molar-refractivity contribution in [1.29, 1.82) is 0 Å². The van der Waals surface area contributed by atoms with E-state index >= 15 is 0 Å². The van der Waals surface area contributed by atoms with Crippen LogP contribution in [0.25, 0.3) is 6.08 Å². The molecule has 0 bridgehead atoms. The second-order valence-electron chi connectivity index (χ2n) is 7.02. The van der Waals surface area contributed by atoms with Gasteiger partial charge in [-0.25, -0.2) is 0 Å². The summed E-state index contributed by atoms with van der Waals surface area (Å²) in [5, 5.41) is 2.81. The number of allylic oxidation sites excluding steroid dienone is 1. The van der Waals surface area contributed by atoms with Crippen molar-refractivity contribution >= 4 is 29.3 Å². The van der Waals surface area contributed by atoms with Crippen LogP contribution in [0.3, 0.4) is 0 Å². The van der Waals surface area contributed by atoms with Crippen molar-refractivity contribution in [2.75, 3.05) is 16.8 Å². The Kier molecular flexibility index (Phi) is 5.77. The molecule has 2 aromatic carbocycles. The Morgan fingerprint density at radius 1 is 1.14 bits per heavy atom. The topological polar surface area (TPSA) is 49.4 Å². The van der Waals surface area contributed by atoms with Crippen molar-refractivity contribution in [2.24, 2.45) is 0 Å². The van der Waals surface area contributed by atoms with Gasteiger partial charge in [0.1, 0.15) is 0 Å². The average Bonchev–Trinajstić information content (AvgIpc) is 2.65. The molecule has 0 aliphatic carbocycles. The zero-order chi connectivity index (χ0) is 21.2. The summed E-state index contributed by atoms with van der Waals surface area (Å²) >= 11 is 0. The number of anilines is 2. The number of amides is 2. The van der Waals surface area contributed by atoms with Gasteiger partial charge < -0.3 is 10.2 Å². The Morgan fingerprint density at radius 2 is 1.90 bits per heavy atom. The Labute approximate surface area is 167 Å². The maximum Gasteiger partial charge on any atom is 0.409 e. The van der Waals surface area contributed by atoms with E-state index in [1.54, 1.807) is 24.0 Å². The molecule has 3 rings (SSSR count). The number of nitrogens with one attached hydrogen (secondary N) is 1. The van der Waals surface area contributed by atoms with Gasteiger partial charge in [0, 0.05) is 36.5 Å². The third-order valence-electron chi connectivity index (χ3n) is 4.80. The number of benzene rings is 2. The van der Waals surface area contributed by atoms with Crippen molar-refractivity contribution in [3.63, 3.8) is 0 Å². The fraction of sp³-hybridized carbons (Fsp3) is 0.273. The number of rotatable bonds is 3. The van der Waals surface area contributed by atoms with Gasteiger partial charge in [-0.3, -0.25) is 9.59 Å². The lowest BCUT2D eigenvalue weighted by Crippen LogP contribution is -2.33. The van der Waals surface area contributed by atoms with Crippen molar-refractivity contribution < 1.29 is 22.8 Å². The van der Waals surface area contributed by atoms with Gasteiger partial charge in [0.25, 0.3) is 5.91 Å². The van der Waals surface area contributed by atoms with Crippen molar-refractivity contribution in [3.05, 3.63) is 64.7 Å². The van der Waals surface area contributed by atoms with Crippen LogP contribution in [0.4, 0.5) is 24.5 Å². The predicted molar refractivity (Wildman–Crippen MR) is 107 cm³/mol. The van der Waals surface area contributed by atoms with Gasteiger partial charge in [0.15, 0.2) is 0 Å². The molecule has 0 spiro atoms. The molecule has 0 fully saturated rings. The highest BCUT2D eigenvalue weighted by molar-refractivity contribution is 6.06. The smallest absolute Gasteiger partial charge is 0.322 e. The van der Waals surface area contributed by atoms with Gasteiger partial charge in [0.2, 0.25) is 5.91 Å². The fourth-order valence-corrected chi connectivity index (χ4v) is 3.41. The Bertz CT molecular complexity index is 981. The molecule has 4 nitrogen and oxygen atoms in total. The molecule has 1 aliphatic heterocycles. The number of carbonyl (C=O) groups is 2. The van der Waals surface area contributed by atoms with E-state index < -0.39 is 6.18 Å². The highest BCUT2D eigenvalue weighted by Gasteiger charge is 2.22. The highest BCUT2D eigenvalue weighted by atomic mass is 19.4. The first-order valence-corrected chi connectivity index (χ1v) is 9.23. The van der Waals surface area contributed by atoms with E-state index in [9.17, 15) is 22.8 Å². The Balaban J connectivity index is 1.79. The first kappa shape index (κ1) is 20.6. The van der Waals surface area contributed by atoms with Crippen LogP contribution < -0.4 is 10.2 Å². The van der Waals surface area contributed by atoms with Crippen LogP contribution in [0, 0.1) is 6.92 Å². The molecular formula is C22H21F3N2O2. The SMILES string of the molecule is CC(=O)N1CCCc2ccc(NC(=O)c3ccc(C=CC(F)(F)F)cc3C)cc21. The monoisotopic (exact) mass is 402 g/mol. The van der Waals surface area contributed by atoms with E-state index in [-0.39, 0.29) is 17.9 Å². The molecule has 0 unspecified atom stereocenters. The van der Waals surface area contributed by atoms with Crippen molar-refractivity contribution in [1.82, 2.24) is 0 Å². The summed E-state index contributed by atoms with van der Waals surface area (Å²) in [5.74, 6) is -0.410. The Hall–Kier alpha value is -3.09. The molecule has 152 valence electrons. The minimum Gasteiger partial charge on any atom is -0.322 e. The Morgan fingerprint density at radius 3 is 2.55 bits per heavy atom. The minimum absolute atomic E-state index is 0.0484. The summed E-state index contributed by atoms with van der Waals surface area (Å²) in [6.07, 6.45) is -1.49. The molecule has 1 heterocycles. The van der Waals surface area contributed by atoms with E-state index in [1.165, 1.54) is 25.1 Å². The normalized spacial score (nSPS) is 14.0. The van der Waals surface area contributed by atoms with Gasteiger partial charge in [0.05, 0.1) is 0 Å². The molecule has 0 saturated carbocycles. The fourth-order valence-electron chi connectivity index (χ4n) is 3.41. The number of hydrogen-bond donors (Lipinski definition) is 1. The van der Waals surface area contributed by atoms with Gasteiger partial charge in [-0.15, -0.1) is 0 Å². The second kappa shape index (κ2) is 8.11. The number of halogens is 3. The third kappa shape index (κ3) is 5.04. The first-order chi connectivity index (χ1) is 13.6. The zero-order valence-corrected chi connectivity index (χ0v) is 16.1. The van der Waals surface area contributed by atoms with E-state index in [1.807, 2.05) is 6.07 Å². The van der Waals surface area contributed by atoms with Gasteiger partial charge >= 0.3 is 6.18 Å². The maximum atomic E-state index is 12.7. The van der Waals surface area contributed by atoms with E-state index in [0.29, 0.717) is 28.9 Å². The van der Waals surface area contributed by atoms with E-state index in [2.05, 4.69) is 5.32 Å². The molecule has 1 aliphatic rings. The van der Waals surface area contributed by atoms with Crippen LogP contribution in [0.15, 0.2) is 42.5 Å². The number of alkyl halides is 3. The molecule has 0 radical (unpaired) electrons. The summed E-state index contributed by atoms with van der Waals surface area (Å²) in [6.45, 7) is 3.83. The molecular weight excluding hydrogens is 381 g/mol. The van der Waals surface area contributed by atoms with Crippen LogP contribution in [-0.4, -0.2) is 24.5 Å². The molecule has 0 aromatic heterocycles. The number of aryl methyl sites for hydroxylation is 2. The first-order valence-electron chi connectivity index (χ1n) is 9.23. The van der Waals surface area contributed by atoms with Crippen molar-refractivity contribution in [2.45, 2.75) is 32.9 Å². The second-order valence-corrected chi connectivity index (χ2v) is 7.02. The van der Waals surface area contributed by atoms with Crippen LogP contribution in [-0.2, 0) is 11.2 Å². The molecule has 7 heteroatoms. The molecule has 0 atom stereocenters. The van der Waals surface area contributed by atoms with Crippen LogP contribution >= 0.6 is 0 Å². The highest BCUT2D eigenvalue weighted by Crippen LogP contribution is 2.30. The van der Waals surface area contributed by atoms with Crippen LogP contribution in [0.5, 0.6) is 0 Å². The largest absolute Gasteiger partial charge is 0.409 e. The summed E-state index contributed by atoms with van der Waals surface area (Å²) in [4.78, 5) is 26.2. The van der Waals surface area contributed by atoms with Gasteiger partial charge in [-0.1, -0.05) is 24.3 Å². The van der Waals surface area contributed by atoms with Crippen LogP contribution in [0.1, 0.15) is 40.4 Å². The predicted octanol–water partition coefficient (Wildman–Crippen LogP) is 5.12. The van der Waals surface area contributed by atoms with Gasteiger partial charge in [-0.2, -0.15) is 13.2 Å². The summed E-state index contributed by atoms with van der Waals surface area (Å²) in [5.41, 5.74) is 3.71. The lowest BCUT2D eigenvalue weighted by Gasteiger charge is -2.29. The molecule has 2 aromatic rings. The summed E-state index contributed by atoms with van der Waals surface area (Å²) in [6, 6.07) is 9.97. The standard InChI is InChI=1S/C22H21F3N2O2/c1-14-12-16(9-10-22(23,24)25)5-8-19(14)21(29)26-18-7-6-17-4-3-11-27(15(2)28)20(17)13-18/h5-10,12-13H,3-4,11H2,1-2H3,(H,26,29). The van der Waals surface area contributed by atoms with Gasteiger partial charge in [-0.05, 0) is 54.7 Å². The number of carbonyl (C=O) groups excluding carboxylic acids is 2. The maximum absolute atomic E-state index is 12.7. The molecule has 29 heavy (non-hydrogen) atoms. The lowest BCUT2D eigenvalue weighted by molar-refractivity contribution is -0.116. The third-order valence-corrected chi connectivity index (χ3v) is 4.80. The zero-order valence-electron chi connectivity index (χ0n) is 16.1. The minimum atomic E-state index is -4.38.